The van der Waals surface area contributed by atoms with Gasteiger partial charge in [0.1, 0.15) is 0 Å². The highest BCUT2D eigenvalue weighted by Crippen LogP contribution is 2.41. The van der Waals surface area contributed by atoms with Gasteiger partial charge in [-0.1, -0.05) is 6.42 Å². The first-order valence-electron chi connectivity index (χ1n) is 8.71. The molecule has 0 unspecified atom stereocenters. The van der Waals surface area contributed by atoms with Gasteiger partial charge in [-0.05, 0) is 37.1 Å². The SMILES string of the molecule is COC[C@H]1CCC[C@]12CN(C(=O)c1ccc3[nH]ccc3c1)CCO2. The predicted molar refractivity (Wildman–Crippen MR) is 92.1 cm³/mol. The minimum Gasteiger partial charge on any atom is -0.384 e. The van der Waals surface area contributed by atoms with Crippen LogP contribution in [0.5, 0.6) is 0 Å². The number of nitrogens with zero attached hydrogens (tertiary/aromatic N) is 1. The summed E-state index contributed by atoms with van der Waals surface area (Å²) in [4.78, 5) is 18.1. The molecule has 24 heavy (non-hydrogen) atoms. The van der Waals surface area contributed by atoms with Crippen LogP contribution in [0.4, 0.5) is 0 Å². The van der Waals surface area contributed by atoms with Crippen LogP contribution >= 0.6 is 0 Å². The monoisotopic (exact) mass is 328 g/mol. The molecule has 1 aromatic heterocycles. The largest absolute Gasteiger partial charge is 0.384 e. The van der Waals surface area contributed by atoms with Crippen LogP contribution in [-0.4, -0.2) is 54.8 Å². The number of hydrogen-bond donors (Lipinski definition) is 1. The van der Waals surface area contributed by atoms with Gasteiger partial charge in [0.05, 0.1) is 25.4 Å². The van der Waals surface area contributed by atoms with Gasteiger partial charge in [-0.3, -0.25) is 4.79 Å². The summed E-state index contributed by atoms with van der Waals surface area (Å²) in [5, 5.41) is 1.07. The number of hydrogen-bond acceptors (Lipinski definition) is 3. The number of nitrogens with one attached hydrogen (secondary N) is 1. The number of rotatable bonds is 3. The molecule has 1 saturated carbocycles. The Hall–Kier alpha value is -1.85. The number of morpholine rings is 1. The van der Waals surface area contributed by atoms with Gasteiger partial charge < -0.3 is 19.4 Å². The first-order valence-corrected chi connectivity index (χ1v) is 8.71. The van der Waals surface area contributed by atoms with Gasteiger partial charge in [0.2, 0.25) is 0 Å². The van der Waals surface area contributed by atoms with E-state index in [2.05, 4.69) is 4.98 Å². The molecule has 1 aliphatic heterocycles. The fourth-order valence-electron chi connectivity index (χ4n) is 4.30. The van der Waals surface area contributed by atoms with Crippen molar-refractivity contribution in [2.24, 2.45) is 5.92 Å². The molecular weight excluding hydrogens is 304 g/mol. The Labute approximate surface area is 141 Å². The number of carbonyl (C=O) groups is 1. The number of carbonyl (C=O) groups excluding carboxylic acids is 1. The normalized spacial score (nSPS) is 27.2. The van der Waals surface area contributed by atoms with Crippen LogP contribution in [0.25, 0.3) is 10.9 Å². The van der Waals surface area contributed by atoms with Gasteiger partial charge in [-0.15, -0.1) is 0 Å². The van der Waals surface area contributed by atoms with Crippen molar-refractivity contribution in [3.63, 3.8) is 0 Å². The van der Waals surface area contributed by atoms with E-state index in [1.807, 2.05) is 35.4 Å². The quantitative estimate of drug-likeness (QED) is 0.942. The summed E-state index contributed by atoms with van der Waals surface area (Å²) in [5.41, 5.74) is 1.59. The molecule has 128 valence electrons. The van der Waals surface area contributed by atoms with Crippen LogP contribution in [0.2, 0.25) is 0 Å². The molecule has 0 bridgehead atoms. The Morgan fingerprint density at radius 1 is 1.46 bits per heavy atom. The molecule has 1 saturated heterocycles. The first kappa shape index (κ1) is 15.7. The summed E-state index contributed by atoms with van der Waals surface area (Å²) in [5.74, 6) is 0.481. The third kappa shape index (κ3) is 2.62. The lowest BCUT2D eigenvalue weighted by Gasteiger charge is -2.44. The Bertz CT molecular complexity index is 741. The highest BCUT2D eigenvalue weighted by Gasteiger charge is 2.47. The fraction of sp³-hybridized carbons (Fsp3) is 0.526. The number of fused-ring (bicyclic) bond motifs is 1. The molecule has 5 nitrogen and oxygen atoms in total. The zero-order valence-corrected chi connectivity index (χ0v) is 14.1. The minimum atomic E-state index is -0.220. The van der Waals surface area contributed by atoms with Gasteiger partial charge >= 0.3 is 0 Å². The molecule has 1 aliphatic carbocycles. The van der Waals surface area contributed by atoms with Gasteiger partial charge in [0.15, 0.2) is 0 Å². The number of amides is 1. The number of aromatic nitrogens is 1. The number of aromatic amines is 1. The molecule has 4 rings (SSSR count). The average Bonchev–Trinajstić information content (AvgIpc) is 3.22. The smallest absolute Gasteiger partial charge is 0.254 e. The van der Waals surface area contributed by atoms with Crippen LogP contribution in [-0.2, 0) is 9.47 Å². The summed E-state index contributed by atoms with van der Waals surface area (Å²) in [6, 6.07) is 7.85. The van der Waals surface area contributed by atoms with Crippen molar-refractivity contribution in [2.75, 3.05) is 33.4 Å². The minimum absolute atomic E-state index is 0.101. The second-order valence-corrected chi connectivity index (χ2v) is 6.96. The standard InChI is InChI=1S/C19H24N2O3/c1-23-12-16-3-2-7-19(16)13-21(9-10-24-19)18(22)15-4-5-17-14(11-15)6-8-20-17/h4-6,8,11,16,20H,2-3,7,9-10,12-13H2,1H3/t16-,19+/m1/s1. The van der Waals surface area contributed by atoms with E-state index >= 15 is 0 Å². The van der Waals surface area contributed by atoms with Crippen molar-refractivity contribution in [1.82, 2.24) is 9.88 Å². The zero-order valence-electron chi connectivity index (χ0n) is 14.1. The lowest BCUT2D eigenvalue weighted by molar-refractivity contribution is -0.130. The lowest BCUT2D eigenvalue weighted by Crippen LogP contribution is -2.56. The molecule has 1 amide bonds. The average molecular weight is 328 g/mol. The van der Waals surface area contributed by atoms with E-state index in [0.29, 0.717) is 32.2 Å². The first-order chi connectivity index (χ1) is 11.7. The van der Waals surface area contributed by atoms with Crippen molar-refractivity contribution < 1.29 is 14.3 Å². The van der Waals surface area contributed by atoms with Crippen LogP contribution in [0.15, 0.2) is 30.5 Å². The zero-order chi connectivity index (χ0) is 16.6. The third-order valence-electron chi connectivity index (χ3n) is 5.56. The van der Waals surface area contributed by atoms with Crippen LogP contribution in [0.3, 0.4) is 0 Å². The van der Waals surface area contributed by atoms with Crippen molar-refractivity contribution in [2.45, 2.75) is 24.9 Å². The van der Waals surface area contributed by atoms with Gasteiger partial charge in [0, 0.05) is 42.2 Å². The maximum atomic E-state index is 13.0. The van der Waals surface area contributed by atoms with E-state index in [0.717, 1.165) is 35.7 Å². The Morgan fingerprint density at radius 2 is 2.38 bits per heavy atom. The van der Waals surface area contributed by atoms with Crippen LogP contribution < -0.4 is 0 Å². The maximum Gasteiger partial charge on any atom is 0.254 e. The maximum absolute atomic E-state index is 13.0. The predicted octanol–water partition coefficient (Wildman–Crippen LogP) is 2.83. The molecule has 2 aliphatic rings. The van der Waals surface area contributed by atoms with Crippen molar-refractivity contribution in [3.8, 4) is 0 Å². The molecular formula is C19H24N2O3. The van der Waals surface area contributed by atoms with E-state index in [1.54, 1.807) is 7.11 Å². The van der Waals surface area contributed by atoms with Crippen molar-refractivity contribution in [3.05, 3.63) is 36.0 Å². The topological polar surface area (TPSA) is 54.6 Å². The summed E-state index contributed by atoms with van der Waals surface area (Å²) in [6.45, 7) is 2.65. The molecule has 2 fully saturated rings. The molecule has 1 aromatic carbocycles. The molecule has 5 heteroatoms. The number of H-pyrrole nitrogens is 1. The summed E-state index contributed by atoms with van der Waals surface area (Å²) < 4.78 is 11.6. The van der Waals surface area contributed by atoms with E-state index in [-0.39, 0.29) is 11.5 Å². The molecule has 2 atom stereocenters. The second kappa shape index (κ2) is 6.22. The van der Waals surface area contributed by atoms with Gasteiger partial charge in [-0.2, -0.15) is 0 Å². The van der Waals surface area contributed by atoms with Crippen molar-refractivity contribution >= 4 is 16.8 Å². The van der Waals surface area contributed by atoms with Crippen molar-refractivity contribution in [1.29, 1.82) is 0 Å². The van der Waals surface area contributed by atoms with Gasteiger partial charge in [0.25, 0.3) is 5.91 Å². The van der Waals surface area contributed by atoms with Crippen LogP contribution in [0.1, 0.15) is 29.6 Å². The fourth-order valence-corrected chi connectivity index (χ4v) is 4.30. The summed E-state index contributed by atoms with van der Waals surface area (Å²) >= 11 is 0. The third-order valence-corrected chi connectivity index (χ3v) is 5.56. The van der Waals surface area contributed by atoms with E-state index in [1.165, 1.54) is 0 Å². The van der Waals surface area contributed by atoms with E-state index in [9.17, 15) is 4.79 Å². The summed E-state index contributed by atoms with van der Waals surface area (Å²) in [6.07, 6.45) is 5.18. The molecule has 2 aromatic rings. The highest BCUT2D eigenvalue weighted by molar-refractivity contribution is 5.98. The molecule has 2 heterocycles. The lowest BCUT2D eigenvalue weighted by atomic mass is 9.89. The Balaban J connectivity index is 1.56. The summed E-state index contributed by atoms with van der Waals surface area (Å²) in [7, 11) is 1.74. The van der Waals surface area contributed by atoms with Gasteiger partial charge in [-0.25, -0.2) is 0 Å². The van der Waals surface area contributed by atoms with E-state index < -0.39 is 0 Å². The van der Waals surface area contributed by atoms with E-state index in [4.69, 9.17) is 9.47 Å². The van der Waals surface area contributed by atoms with Crippen LogP contribution in [0, 0.1) is 5.92 Å². The second-order valence-electron chi connectivity index (χ2n) is 6.96. The number of methoxy groups -OCH3 is 1. The molecule has 0 radical (unpaired) electrons. The number of ether oxygens (including phenoxy) is 2. The highest BCUT2D eigenvalue weighted by atomic mass is 16.5. The Morgan fingerprint density at radius 3 is 3.25 bits per heavy atom. The Kier molecular flexibility index (Phi) is 4.06. The molecule has 1 spiro atoms. The molecule has 1 N–H and O–H groups in total. The number of benzene rings is 1.